The molecule has 3 nitrogen and oxygen atoms in total. The van der Waals surface area contributed by atoms with E-state index in [9.17, 15) is 4.39 Å². The third kappa shape index (κ3) is 3.32. The molecule has 3 N–H and O–H groups in total. The largest absolute Gasteiger partial charge is 0.341 e. The number of aromatic nitrogens is 2. The van der Waals surface area contributed by atoms with Crippen LogP contribution in [0.4, 0.5) is 4.39 Å². The first-order valence-corrected chi connectivity index (χ1v) is 7.09. The van der Waals surface area contributed by atoms with Crippen molar-refractivity contribution in [2.45, 2.75) is 26.3 Å². The number of H-pyrrole nitrogens is 1. The molecule has 1 atom stereocenters. The van der Waals surface area contributed by atoms with E-state index in [1.54, 1.807) is 6.20 Å². The molecule has 0 aliphatic rings. The maximum absolute atomic E-state index is 13.5. The number of nitrogens with two attached hydrogens (primary N) is 1. The molecule has 0 amide bonds. The smallest absolute Gasteiger partial charge is 0.142 e. The topological polar surface area (TPSA) is 54.7 Å². The molecule has 0 saturated carbocycles. The van der Waals surface area contributed by atoms with Gasteiger partial charge in [-0.15, -0.1) is 0 Å². The second-order valence-electron chi connectivity index (χ2n) is 5.16. The van der Waals surface area contributed by atoms with Crippen LogP contribution >= 0.6 is 23.2 Å². The van der Waals surface area contributed by atoms with Gasteiger partial charge in [0.1, 0.15) is 11.6 Å². The average Bonchev–Trinajstić information content (AvgIpc) is 2.82. The lowest BCUT2D eigenvalue weighted by atomic mass is 10.0. The van der Waals surface area contributed by atoms with E-state index in [1.807, 2.05) is 0 Å². The number of aromatic amines is 1. The van der Waals surface area contributed by atoms with E-state index < -0.39 is 5.82 Å². The van der Waals surface area contributed by atoms with Crippen molar-refractivity contribution in [3.63, 3.8) is 0 Å². The molecular weight excluding hydrogens is 300 g/mol. The molecule has 2 rings (SSSR count). The van der Waals surface area contributed by atoms with E-state index in [4.69, 9.17) is 28.9 Å². The van der Waals surface area contributed by atoms with Gasteiger partial charge in [0.25, 0.3) is 0 Å². The molecule has 0 radical (unpaired) electrons. The van der Waals surface area contributed by atoms with Gasteiger partial charge in [0.2, 0.25) is 0 Å². The summed E-state index contributed by atoms with van der Waals surface area (Å²) in [6.45, 7) is 4.18. The van der Waals surface area contributed by atoms with Crippen LogP contribution in [0.25, 0.3) is 11.3 Å². The third-order valence-electron chi connectivity index (χ3n) is 2.97. The van der Waals surface area contributed by atoms with E-state index in [2.05, 4.69) is 23.8 Å². The van der Waals surface area contributed by atoms with Crippen molar-refractivity contribution in [3.05, 3.63) is 40.0 Å². The Labute approximate surface area is 127 Å². The van der Waals surface area contributed by atoms with Gasteiger partial charge in [-0.2, -0.15) is 0 Å². The molecule has 1 heterocycles. The van der Waals surface area contributed by atoms with Crippen molar-refractivity contribution in [3.8, 4) is 11.3 Å². The highest BCUT2D eigenvalue weighted by molar-refractivity contribution is 6.36. The van der Waals surface area contributed by atoms with Crippen LogP contribution in [0.2, 0.25) is 10.0 Å². The Balaban J connectivity index is 2.31. The maximum atomic E-state index is 13.5. The Morgan fingerprint density at radius 3 is 2.65 bits per heavy atom. The summed E-state index contributed by atoms with van der Waals surface area (Å²) in [6, 6.07) is 2.48. The number of nitrogens with one attached hydrogen (secondary N) is 1. The van der Waals surface area contributed by atoms with Gasteiger partial charge in [-0.05, 0) is 24.5 Å². The van der Waals surface area contributed by atoms with Crippen LogP contribution in [0.1, 0.15) is 32.1 Å². The van der Waals surface area contributed by atoms with Crippen LogP contribution in [0.5, 0.6) is 0 Å². The summed E-state index contributed by atoms with van der Waals surface area (Å²) in [6.07, 6.45) is 2.42. The first kappa shape index (κ1) is 15.3. The first-order valence-electron chi connectivity index (χ1n) is 6.34. The third-order valence-corrected chi connectivity index (χ3v) is 3.57. The molecule has 0 bridgehead atoms. The fraction of sp³-hybridized carbons (Fsp3) is 0.357. The second kappa shape index (κ2) is 6.12. The monoisotopic (exact) mass is 315 g/mol. The molecule has 1 aromatic heterocycles. The van der Waals surface area contributed by atoms with Gasteiger partial charge in [0, 0.05) is 5.56 Å². The molecule has 20 heavy (non-hydrogen) atoms. The van der Waals surface area contributed by atoms with Crippen LogP contribution < -0.4 is 5.73 Å². The highest BCUT2D eigenvalue weighted by Gasteiger charge is 2.15. The van der Waals surface area contributed by atoms with E-state index >= 15 is 0 Å². The molecular formula is C14H16Cl2FN3. The van der Waals surface area contributed by atoms with Gasteiger partial charge in [-0.1, -0.05) is 37.0 Å². The van der Waals surface area contributed by atoms with Gasteiger partial charge in [0.15, 0.2) is 0 Å². The van der Waals surface area contributed by atoms with Gasteiger partial charge in [-0.3, -0.25) is 0 Å². The molecule has 0 aliphatic carbocycles. The predicted molar refractivity (Wildman–Crippen MR) is 80.4 cm³/mol. The Hall–Kier alpha value is -1.10. The van der Waals surface area contributed by atoms with Crippen LogP contribution in [-0.4, -0.2) is 9.97 Å². The number of halogens is 3. The number of nitrogens with zero attached hydrogens (tertiary/aromatic N) is 1. The standard InChI is InChI=1S/C14H16Cl2FN3/c1-7(2)3-12(18)14-19-6-13(20-14)8-4-11(17)10(16)5-9(8)15/h4-7,12H,3,18H2,1-2H3,(H,19,20). The van der Waals surface area contributed by atoms with Crippen molar-refractivity contribution >= 4 is 23.2 Å². The molecule has 1 aromatic carbocycles. The van der Waals surface area contributed by atoms with Crippen LogP contribution in [-0.2, 0) is 0 Å². The minimum absolute atomic E-state index is 0.00463. The van der Waals surface area contributed by atoms with E-state index in [-0.39, 0.29) is 11.1 Å². The minimum Gasteiger partial charge on any atom is -0.341 e. The highest BCUT2D eigenvalue weighted by Crippen LogP contribution is 2.32. The van der Waals surface area contributed by atoms with Crippen LogP contribution in [0, 0.1) is 11.7 Å². The highest BCUT2D eigenvalue weighted by atomic mass is 35.5. The van der Waals surface area contributed by atoms with Crippen molar-refractivity contribution < 1.29 is 4.39 Å². The van der Waals surface area contributed by atoms with Gasteiger partial charge >= 0.3 is 0 Å². The molecule has 0 fully saturated rings. The van der Waals surface area contributed by atoms with Crippen molar-refractivity contribution in [1.29, 1.82) is 0 Å². The van der Waals surface area contributed by atoms with E-state index in [1.165, 1.54) is 12.1 Å². The Bertz CT molecular complexity index is 610. The summed E-state index contributed by atoms with van der Waals surface area (Å²) in [5.74, 6) is 0.615. The number of imidazole rings is 1. The summed E-state index contributed by atoms with van der Waals surface area (Å²) in [5, 5.41) is 0.360. The number of rotatable bonds is 4. The molecule has 6 heteroatoms. The summed E-state index contributed by atoms with van der Waals surface area (Å²) < 4.78 is 13.5. The lowest BCUT2D eigenvalue weighted by molar-refractivity contribution is 0.496. The Kier molecular flexibility index (Phi) is 4.68. The summed E-state index contributed by atoms with van der Waals surface area (Å²) in [5.41, 5.74) is 7.20. The molecule has 0 aliphatic heterocycles. The van der Waals surface area contributed by atoms with Crippen LogP contribution in [0.15, 0.2) is 18.3 Å². The Morgan fingerprint density at radius 2 is 2.00 bits per heavy atom. The molecule has 1 unspecified atom stereocenters. The molecule has 108 valence electrons. The van der Waals surface area contributed by atoms with Crippen molar-refractivity contribution in [2.24, 2.45) is 11.7 Å². The second-order valence-corrected chi connectivity index (χ2v) is 5.98. The number of hydrogen-bond acceptors (Lipinski definition) is 2. The normalized spacial score (nSPS) is 12.9. The predicted octanol–water partition coefficient (Wildman–Crippen LogP) is 4.57. The quantitative estimate of drug-likeness (QED) is 0.812. The first-order chi connectivity index (χ1) is 9.38. The summed E-state index contributed by atoms with van der Waals surface area (Å²) >= 11 is 11.8. The fourth-order valence-corrected chi connectivity index (χ4v) is 2.50. The van der Waals surface area contributed by atoms with Crippen LogP contribution in [0.3, 0.4) is 0 Å². The van der Waals surface area contributed by atoms with E-state index in [0.717, 1.165) is 6.42 Å². The molecule has 0 saturated heterocycles. The lowest BCUT2D eigenvalue weighted by Gasteiger charge is -2.11. The SMILES string of the molecule is CC(C)CC(N)c1ncc(-c2cc(F)c(Cl)cc2Cl)[nH]1. The van der Waals surface area contributed by atoms with Gasteiger partial charge in [0.05, 0.1) is 28.0 Å². The summed E-state index contributed by atoms with van der Waals surface area (Å²) in [7, 11) is 0. The fourth-order valence-electron chi connectivity index (χ4n) is 2.01. The summed E-state index contributed by atoms with van der Waals surface area (Å²) in [4.78, 5) is 7.34. The van der Waals surface area contributed by atoms with Gasteiger partial charge in [-0.25, -0.2) is 9.37 Å². The van der Waals surface area contributed by atoms with Gasteiger partial charge < -0.3 is 10.7 Å². The molecule has 0 spiro atoms. The van der Waals surface area contributed by atoms with Crippen molar-refractivity contribution in [1.82, 2.24) is 9.97 Å². The number of hydrogen-bond donors (Lipinski definition) is 2. The minimum atomic E-state index is -0.520. The zero-order valence-corrected chi connectivity index (χ0v) is 12.8. The van der Waals surface area contributed by atoms with Crippen molar-refractivity contribution in [2.75, 3.05) is 0 Å². The van der Waals surface area contributed by atoms with E-state index in [0.29, 0.717) is 28.0 Å². The zero-order chi connectivity index (χ0) is 14.9. The lowest BCUT2D eigenvalue weighted by Crippen LogP contribution is -2.14. The average molecular weight is 316 g/mol. The Morgan fingerprint density at radius 1 is 1.30 bits per heavy atom. The zero-order valence-electron chi connectivity index (χ0n) is 11.3. The number of benzene rings is 1. The molecule has 2 aromatic rings. The maximum Gasteiger partial charge on any atom is 0.142 e.